The van der Waals surface area contributed by atoms with Gasteiger partial charge >= 0.3 is 0 Å². The lowest BCUT2D eigenvalue weighted by molar-refractivity contribution is 0.660. The summed E-state index contributed by atoms with van der Waals surface area (Å²) in [5.41, 5.74) is 14.3. The van der Waals surface area contributed by atoms with Gasteiger partial charge in [0, 0.05) is 43.7 Å². The second-order valence-electron chi connectivity index (χ2n) is 16.7. The third kappa shape index (κ3) is 5.03. The van der Waals surface area contributed by atoms with Gasteiger partial charge in [0.2, 0.25) is 5.95 Å². The average molecular weight is 813 g/mol. The summed E-state index contributed by atoms with van der Waals surface area (Å²) in [6.45, 7) is 4.63. The summed E-state index contributed by atoms with van der Waals surface area (Å²) in [6, 6.07) is 64.6. The Morgan fingerprint density at radius 2 is 1.03 bits per heavy atom. The zero-order valence-electron chi connectivity index (χ0n) is 33.9. The number of para-hydroxylation sites is 2. The zero-order valence-corrected chi connectivity index (χ0v) is 34.7. The first kappa shape index (κ1) is 35.1. The predicted molar refractivity (Wildman–Crippen MR) is 256 cm³/mol. The summed E-state index contributed by atoms with van der Waals surface area (Å²) < 4.78 is 5.84. The molecule has 4 aromatic heterocycles. The molecule has 292 valence electrons. The van der Waals surface area contributed by atoms with E-state index in [2.05, 4.69) is 187 Å². The van der Waals surface area contributed by atoms with Crippen molar-refractivity contribution in [2.45, 2.75) is 19.3 Å². The van der Waals surface area contributed by atoms with Crippen LogP contribution in [0.5, 0.6) is 0 Å². The predicted octanol–water partition coefficient (Wildman–Crippen LogP) is 14.0. The molecular formula is C55H36N6S. The van der Waals surface area contributed by atoms with Crippen molar-refractivity contribution in [2.24, 2.45) is 0 Å². The van der Waals surface area contributed by atoms with Crippen LogP contribution in [0.25, 0.3) is 110 Å². The lowest BCUT2D eigenvalue weighted by atomic mass is 9.82. The lowest BCUT2D eigenvalue weighted by Crippen LogP contribution is -2.15. The van der Waals surface area contributed by atoms with Crippen molar-refractivity contribution in [3.63, 3.8) is 0 Å². The van der Waals surface area contributed by atoms with Gasteiger partial charge in [-0.25, -0.2) is 9.97 Å². The Kier molecular flexibility index (Phi) is 7.42. The molecule has 0 radical (unpaired) electrons. The molecule has 7 heteroatoms. The molecule has 0 saturated carbocycles. The van der Waals surface area contributed by atoms with Crippen molar-refractivity contribution in [1.82, 2.24) is 29.1 Å². The molecule has 0 atom stereocenters. The van der Waals surface area contributed by atoms with Crippen LogP contribution in [0.2, 0.25) is 0 Å². The first-order valence-electron chi connectivity index (χ1n) is 21.0. The first-order valence-corrected chi connectivity index (χ1v) is 21.8. The lowest BCUT2D eigenvalue weighted by Gasteiger charge is -2.21. The summed E-state index contributed by atoms with van der Waals surface area (Å²) in [4.78, 5) is 21.3. The molecule has 0 unspecified atom stereocenters. The number of hydrogen-bond acceptors (Lipinski definition) is 5. The van der Waals surface area contributed by atoms with Crippen LogP contribution >= 0.6 is 11.3 Å². The minimum absolute atomic E-state index is 0.172. The SMILES string of the molecule is CC1(C)c2ccccc2-c2ccc(-c3nc(-c4ccccc4)nc(-n4c5ccccc5c5ccc6c7ccccc7n(-c7cccc8nc(-c9ccccc9)sc78)c6c54)n3)cc21. The van der Waals surface area contributed by atoms with Crippen molar-refractivity contribution in [3.05, 3.63) is 193 Å². The molecule has 8 aromatic carbocycles. The van der Waals surface area contributed by atoms with Crippen molar-refractivity contribution in [2.75, 3.05) is 0 Å². The van der Waals surface area contributed by atoms with Gasteiger partial charge in [0.25, 0.3) is 0 Å². The van der Waals surface area contributed by atoms with Crippen molar-refractivity contribution in [3.8, 4) is 56.1 Å². The fourth-order valence-corrected chi connectivity index (χ4v) is 11.0. The van der Waals surface area contributed by atoms with E-state index in [-0.39, 0.29) is 5.41 Å². The molecule has 0 fully saturated rings. The van der Waals surface area contributed by atoms with E-state index in [9.17, 15) is 0 Å². The Morgan fingerprint density at radius 3 is 1.77 bits per heavy atom. The van der Waals surface area contributed by atoms with Gasteiger partial charge in [-0.05, 0) is 52.6 Å². The fourth-order valence-electron chi connectivity index (χ4n) is 9.93. The van der Waals surface area contributed by atoms with Crippen LogP contribution in [0.4, 0.5) is 0 Å². The highest BCUT2D eigenvalue weighted by atomic mass is 32.1. The minimum Gasteiger partial charge on any atom is -0.306 e. The second kappa shape index (κ2) is 13.1. The highest BCUT2D eigenvalue weighted by Crippen LogP contribution is 2.50. The van der Waals surface area contributed by atoms with Gasteiger partial charge in [-0.2, -0.15) is 9.97 Å². The Bertz CT molecular complexity index is 3780. The van der Waals surface area contributed by atoms with Crippen LogP contribution in [-0.2, 0) is 5.41 Å². The molecule has 6 nitrogen and oxygen atoms in total. The highest BCUT2D eigenvalue weighted by Gasteiger charge is 2.35. The van der Waals surface area contributed by atoms with Gasteiger partial charge in [0.15, 0.2) is 11.6 Å². The molecule has 0 spiro atoms. The number of benzene rings is 8. The van der Waals surface area contributed by atoms with Crippen molar-refractivity contribution >= 4 is 65.2 Å². The van der Waals surface area contributed by atoms with E-state index in [1.54, 1.807) is 11.3 Å². The topological polar surface area (TPSA) is 61.4 Å². The third-order valence-electron chi connectivity index (χ3n) is 12.8. The van der Waals surface area contributed by atoms with E-state index in [0.29, 0.717) is 17.6 Å². The molecule has 1 aliphatic carbocycles. The number of hydrogen-bond donors (Lipinski definition) is 0. The summed E-state index contributed by atoms with van der Waals surface area (Å²) >= 11 is 1.73. The number of nitrogens with zero attached hydrogens (tertiary/aromatic N) is 6. The van der Waals surface area contributed by atoms with Crippen LogP contribution in [0.15, 0.2) is 182 Å². The molecule has 0 saturated heterocycles. The first-order chi connectivity index (χ1) is 30.5. The van der Waals surface area contributed by atoms with Gasteiger partial charge in [-0.15, -0.1) is 11.3 Å². The van der Waals surface area contributed by atoms with Crippen LogP contribution in [0, 0.1) is 0 Å². The average Bonchev–Trinajstić information content (AvgIpc) is 4.07. The maximum absolute atomic E-state index is 5.47. The quantitative estimate of drug-likeness (QED) is 0.174. The van der Waals surface area contributed by atoms with Gasteiger partial charge in [-0.1, -0.05) is 166 Å². The third-order valence-corrected chi connectivity index (χ3v) is 14.0. The largest absolute Gasteiger partial charge is 0.306 e. The molecule has 0 bridgehead atoms. The van der Waals surface area contributed by atoms with E-state index >= 15 is 0 Å². The highest BCUT2D eigenvalue weighted by molar-refractivity contribution is 7.22. The Hall–Kier alpha value is -7.74. The van der Waals surface area contributed by atoms with Crippen molar-refractivity contribution in [1.29, 1.82) is 0 Å². The molecule has 1 aliphatic rings. The second-order valence-corrected chi connectivity index (χ2v) is 17.7. The normalized spacial score (nSPS) is 13.1. The number of fused-ring (bicyclic) bond motifs is 11. The van der Waals surface area contributed by atoms with Gasteiger partial charge in [-0.3, -0.25) is 4.57 Å². The maximum atomic E-state index is 5.47. The monoisotopic (exact) mass is 812 g/mol. The van der Waals surface area contributed by atoms with E-state index in [1.807, 2.05) is 18.2 Å². The fraction of sp³-hybridized carbons (Fsp3) is 0.0545. The minimum atomic E-state index is -0.172. The summed E-state index contributed by atoms with van der Waals surface area (Å²) in [6.07, 6.45) is 0. The molecule has 0 N–H and O–H groups in total. The molecule has 0 amide bonds. The summed E-state index contributed by atoms with van der Waals surface area (Å²) in [5, 5.41) is 5.58. The summed E-state index contributed by atoms with van der Waals surface area (Å²) in [5.74, 6) is 1.81. The molecular weight excluding hydrogens is 777 g/mol. The Labute approximate surface area is 361 Å². The Morgan fingerprint density at radius 1 is 0.435 bits per heavy atom. The van der Waals surface area contributed by atoms with Crippen molar-refractivity contribution < 1.29 is 0 Å². The number of rotatable bonds is 5. The van der Waals surface area contributed by atoms with Crippen LogP contribution in [0.3, 0.4) is 0 Å². The number of thiazole rings is 1. The van der Waals surface area contributed by atoms with E-state index in [1.165, 1.54) is 27.6 Å². The molecule has 4 heterocycles. The number of aromatic nitrogens is 6. The molecule has 0 aliphatic heterocycles. The van der Waals surface area contributed by atoms with Gasteiger partial charge < -0.3 is 4.57 Å². The maximum Gasteiger partial charge on any atom is 0.238 e. The molecule has 13 rings (SSSR count). The van der Waals surface area contributed by atoms with E-state index < -0.39 is 0 Å². The molecule has 12 aromatic rings. The van der Waals surface area contributed by atoms with E-state index in [4.69, 9.17) is 19.9 Å². The van der Waals surface area contributed by atoms with Gasteiger partial charge in [0.1, 0.15) is 5.01 Å². The summed E-state index contributed by atoms with van der Waals surface area (Å²) in [7, 11) is 0. The van der Waals surface area contributed by atoms with Crippen LogP contribution in [-0.4, -0.2) is 29.1 Å². The standard InChI is InChI=1S/C55H36N6S/c1-55(2)42-23-12-9-20-36(42)37-29-28-35(32-43(37)55)52-57-51(33-16-5-3-6-17-33)58-54(59-52)61-46-26-14-11-22-39(46)41-31-30-40-38-21-10-13-25-45(38)60(48(40)49(41)61)47-27-15-24-44-50(47)62-53(56-44)34-18-7-4-8-19-34/h3-32H,1-2H3. The van der Waals surface area contributed by atoms with Gasteiger partial charge in [0.05, 0.1) is 38.0 Å². The molecule has 62 heavy (non-hydrogen) atoms. The smallest absolute Gasteiger partial charge is 0.238 e. The Balaban J connectivity index is 1.13. The van der Waals surface area contributed by atoms with E-state index in [0.717, 1.165) is 75.8 Å². The van der Waals surface area contributed by atoms with Crippen LogP contribution < -0.4 is 0 Å². The van der Waals surface area contributed by atoms with Crippen LogP contribution in [0.1, 0.15) is 25.0 Å². The zero-order chi connectivity index (χ0) is 41.1.